The van der Waals surface area contributed by atoms with Crippen molar-refractivity contribution in [1.29, 1.82) is 0 Å². The number of nitrogens with one attached hydrogen (secondary N) is 1. The molecule has 2 unspecified atom stereocenters. The topological polar surface area (TPSA) is 58.6 Å². The van der Waals surface area contributed by atoms with Crippen molar-refractivity contribution in [3.05, 3.63) is 70.5 Å². The minimum atomic E-state index is -0.666. The van der Waals surface area contributed by atoms with Gasteiger partial charge in [-0.3, -0.25) is 9.59 Å². The zero-order chi connectivity index (χ0) is 20.1. The number of benzene rings is 2. The van der Waals surface area contributed by atoms with Crippen LogP contribution in [0.15, 0.2) is 48.5 Å². The van der Waals surface area contributed by atoms with Gasteiger partial charge < -0.3 is 15.0 Å². The second-order valence-electron chi connectivity index (χ2n) is 6.23. The predicted octanol–water partition coefficient (Wildman–Crippen LogP) is 3.50. The SMILES string of the molecule is COCCNC(=O)C1CSC(c2ccc(F)cc2)N1C(=O)c1ccccc1Cl. The Bertz CT molecular complexity index is 850. The van der Waals surface area contributed by atoms with Crippen molar-refractivity contribution in [2.75, 3.05) is 26.0 Å². The number of ether oxygens (including phenoxy) is 1. The summed E-state index contributed by atoms with van der Waals surface area (Å²) in [6, 6.07) is 12.0. The Morgan fingerprint density at radius 1 is 1.25 bits per heavy atom. The fourth-order valence-corrected chi connectivity index (χ4v) is 4.65. The summed E-state index contributed by atoms with van der Waals surface area (Å²) >= 11 is 7.68. The lowest BCUT2D eigenvalue weighted by atomic mass is 10.1. The summed E-state index contributed by atoms with van der Waals surface area (Å²) in [5.74, 6) is -0.521. The minimum Gasteiger partial charge on any atom is -0.383 e. The number of amides is 2. The number of hydrogen-bond acceptors (Lipinski definition) is 4. The van der Waals surface area contributed by atoms with Gasteiger partial charge in [-0.1, -0.05) is 35.9 Å². The minimum absolute atomic E-state index is 0.255. The van der Waals surface area contributed by atoms with E-state index in [1.54, 1.807) is 43.5 Å². The van der Waals surface area contributed by atoms with Gasteiger partial charge >= 0.3 is 0 Å². The van der Waals surface area contributed by atoms with Gasteiger partial charge in [0.2, 0.25) is 5.91 Å². The molecule has 1 saturated heterocycles. The Morgan fingerprint density at radius 2 is 1.96 bits per heavy atom. The molecule has 3 rings (SSSR count). The van der Waals surface area contributed by atoms with Crippen molar-refractivity contribution in [3.63, 3.8) is 0 Å². The fraction of sp³-hybridized carbons (Fsp3) is 0.300. The largest absolute Gasteiger partial charge is 0.383 e. The molecule has 5 nitrogen and oxygen atoms in total. The van der Waals surface area contributed by atoms with E-state index < -0.39 is 11.4 Å². The van der Waals surface area contributed by atoms with E-state index in [-0.39, 0.29) is 17.6 Å². The van der Waals surface area contributed by atoms with E-state index in [4.69, 9.17) is 16.3 Å². The maximum atomic E-state index is 13.3. The molecular weight excluding hydrogens is 403 g/mol. The lowest BCUT2D eigenvalue weighted by molar-refractivity contribution is -0.125. The van der Waals surface area contributed by atoms with Crippen molar-refractivity contribution in [2.24, 2.45) is 0 Å². The summed E-state index contributed by atoms with van der Waals surface area (Å²) in [5, 5.41) is 2.70. The molecule has 2 aromatic carbocycles. The van der Waals surface area contributed by atoms with Crippen LogP contribution in [0.1, 0.15) is 21.3 Å². The molecule has 28 heavy (non-hydrogen) atoms. The second-order valence-corrected chi connectivity index (χ2v) is 7.75. The maximum Gasteiger partial charge on any atom is 0.257 e. The first-order chi connectivity index (χ1) is 13.5. The Hall–Kier alpha value is -2.09. The molecule has 2 aromatic rings. The van der Waals surface area contributed by atoms with Gasteiger partial charge in [-0.2, -0.15) is 0 Å². The molecule has 0 aromatic heterocycles. The molecule has 2 atom stereocenters. The molecule has 0 bridgehead atoms. The summed E-state index contributed by atoms with van der Waals surface area (Å²) in [7, 11) is 1.55. The van der Waals surface area contributed by atoms with Crippen molar-refractivity contribution in [3.8, 4) is 0 Å². The van der Waals surface area contributed by atoms with Crippen LogP contribution in [0, 0.1) is 5.82 Å². The van der Waals surface area contributed by atoms with Gasteiger partial charge in [0.1, 0.15) is 17.2 Å². The van der Waals surface area contributed by atoms with Gasteiger partial charge in [0.25, 0.3) is 5.91 Å². The first-order valence-corrected chi connectivity index (χ1v) is 10.2. The highest BCUT2D eigenvalue weighted by molar-refractivity contribution is 7.99. The van der Waals surface area contributed by atoms with Gasteiger partial charge in [-0.15, -0.1) is 11.8 Å². The van der Waals surface area contributed by atoms with Crippen molar-refractivity contribution in [1.82, 2.24) is 10.2 Å². The average molecular weight is 423 g/mol. The summed E-state index contributed by atoms with van der Waals surface area (Å²) in [5.41, 5.74) is 1.08. The van der Waals surface area contributed by atoms with Crippen LogP contribution in [0.5, 0.6) is 0 Å². The van der Waals surface area contributed by atoms with E-state index >= 15 is 0 Å². The van der Waals surface area contributed by atoms with Crippen LogP contribution in [0.25, 0.3) is 0 Å². The molecule has 1 heterocycles. The molecular formula is C20H20ClFN2O3S. The van der Waals surface area contributed by atoms with Crippen LogP contribution in [0.2, 0.25) is 5.02 Å². The molecule has 0 radical (unpaired) electrons. The zero-order valence-electron chi connectivity index (χ0n) is 15.2. The molecule has 2 amide bonds. The second kappa shape index (κ2) is 9.41. The zero-order valence-corrected chi connectivity index (χ0v) is 16.8. The number of carbonyl (C=O) groups is 2. The number of rotatable bonds is 6. The van der Waals surface area contributed by atoms with E-state index in [1.165, 1.54) is 28.8 Å². The summed E-state index contributed by atoms with van der Waals surface area (Å²) < 4.78 is 18.3. The standard InChI is InChI=1S/C20H20ClFN2O3S/c1-27-11-10-23-18(25)17-12-28-20(13-6-8-14(22)9-7-13)24(17)19(26)15-4-2-3-5-16(15)21/h2-9,17,20H,10-12H2,1H3,(H,23,25). The average Bonchev–Trinajstić information content (AvgIpc) is 3.13. The van der Waals surface area contributed by atoms with Crippen LogP contribution >= 0.6 is 23.4 Å². The number of thioether (sulfide) groups is 1. The molecule has 8 heteroatoms. The molecule has 0 saturated carbocycles. The summed E-state index contributed by atoms with van der Waals surface area (Å²) in [6.07, 6.45) is 0. The van der Waals surface area contributed by atoms with Crippen LogP contribution < -0.4 is 5.32 Å². The fourth-order valence-electron chi connectivity index (χ4n) is 3.01. The van der Waals surface area contributed by atoms with Crippen LogP contribution in [-0.2, 0) is 9.53 Å². The Morgan fingerprint density at radius 3 is 2.64 bits per heavy atom. The third-order valence-electron chi connectivity index (χ3n) is 4.40. The van der Waals surface area contributed by atoms with E-state index in [1.807, 2.05) is 0 Å². The highest BCUT2D eigenvalue weighted by atomic mass is 35.5. The maximum absolute atomic E-state index is 13.3. The molecule has 1 fully saturated rings. The summed E-state index contributed by atoms with van der Waals surface area (Å²) in [6.45, 7) is 0.733. The van der Waals surface area contributed by atoms with Gasteiger partial charge in [-0.25, -0.2) is 4.39 Å². The van der Waals surface area contributed by atoms with E-state index in [0.717, 1.165) is 5.56 Å². The van der Waals surface area contributed by atoms with Crippen molar-refractivity contribution >= 4 is 35.2 Å². The summed E-state index contributed by atoms with van der Waals surface area (Å²) in [4.78, 5) is 27.6. The molecule has 1 aliphatic heterocycles. The molecule has 0 spiro atoms. The number of hydrogen-bond donors (Lipinski definition) is 1. The van der Waals surface area contributed by atoms with Gasteiger partial charge in [0.15, 0.2) is 0 Å². The Balaban J connectivity index is 1.92. The molecule has 148 valence electrons. The monoisotopic (exact) mass is 422 g/mol. The molecule has 1 aliphatic rings. The first kappa shape index (κ1) is 20.6. The highest BCUT2D eigenvalue weighted by Crippen LogP contribution is 2.42. The van der Waals surface area contributed by atoms with E-state index in [0.29, 0.717) is 29.5 Å². The van der Waals surface area contributed by atoms with Crippen LogP contribution in [-0.4, -0.2) is 48.8 Å². The number of nitrogens with zero attached hydrogens (tertiary/aromatic N) is 1. The third kappa shape index (κ3) is 4.48. The quantitative estimate of drug-likeness (QED) is 0.724. The van der Waals surface area contributed by atoms with E-state index in [9.17, 15) is 14.0 Å². The normalized spacial score (nSPS) is 18.9. The highest BCUT2D eigenvalue weighted by Gasteiger charge is 2.42. The smallest absolute Gasteiger partial charge is 0.257 e. The van der Waals surface area contributed by atoms with Crippen molar-refractivity contribution in [2.45, 2.75) is 11.4 Å². The Kier molecular flexibility index (Phi) is 6.93. The van der Waals surface area contributed by atoms with Crippen molar-refractivity contribution < 1.29 is 18.7 Å². The third-order valence-corrected chi connectivity index (χ3v) is 6.06. The van der Waals surface area contributed by atoms with Crippen LogP contribution in [0.3, 0.4) is 0 Å². The lowest BCUT2D eigenvalue weighted by Gasteiger charge is -2.29. The van der Waals surface area contributed by atoms with Crippen LogP contribution in [0.4, 0.5) is 4.39 Å². The first-order valence-electron chi connectivity index (χ1n) is 8.74. The number of methoxy groups -OCH3 is 1. The predicted molar refractivity (Wildman–Crippen MR) is 108 cm³/mol. The Labute approximate surface area is 172 Å². The number of carbonyl (C=O) groups excluding carboxylic acids is 2. The molecule has 1 N–H and O–H groups in total. The van der Waals surface area contributed by atoms with Gasteiger partial charge in [0.05, 0.1) is 17.2 Å². The number of halogens is 2. The lowest BCUT2D eigenvalue weighted by Crippen LogP contribution is -2.48. The van der Waals surface area contributed by atoms with Gasteiger partial charge in [0, 0.05) is 19.4 Å². The molecule has 0 aliphatic carbocycles. The van der Waals surface area contributed by atoms with Gasteiger partial charge in [-0.05, 0) is 29.8 Å². The van der Waals surface area contributed by atoms with E-state index in [2.05, 4.69) is 5.32 Å².